The van der Waals surface area contributed by atoms with Crippen molar-refractivity contribution in [2.75, 3.05) is 0 Å². The fraction of sp³-hybridized carbons (Fsp3) is 0.0588. The number of halogens is 3. The van der Waals surface area contributed by atoms with Gasteiger partial charge in [-0.2, -0.15) is 0 Å². The first kappa shape index (κ1) is 14.2. The molecular weight excluding hydrogens is 336 g/mol. The minimum absolute atomic E-state index is 0.116. The molecule has 0 saturated heterocycles. The van der Waals surface area contributed by atoms with Crippen LogP contribution in [0, 0.1) is 11.6 Å². The molecule has 0 fully saturated rings. The Hall–Kier alpha value is -1.78. The van der Waals surface area contributed by atoms with Gasteiger partial charge in [-0.3, -0.25) is 0 Å². The Morgan fingerprint density at radius 2 is 1.52 bits per heavy atom. The highest BCUT2D eigenvalue weighted by atomic mass is 79.9. The average molecular weight is 348 g/mol. The second kappa shape index (κ2) is 5.54. The van der Waals surface area contributed by atoms with Crippen molar-refractivity contribution in [1.82, 2.24) is 0 Å². The van der Waals surface area contributed by atoms with Crippen LogP contribution in [0.4, 0.5) is 8.78 Å². The first-order valence-corrected chi connectivity index (χ1v) is 7.25. The smallest absolute Gasteiger partial charge is 0.132 e. The molecule has 0 radical (unpaired) electrons. The maximum atomic E-state index is 14.1. The lowest BCUT2D eigenvalue weighted by Gasteiger charge is -2.17. The molecule has 4 heteroatoms. The monoisotopic (exact) mass is 347 g/mol. The molecule has 0 aliphatic rings. The molecule has 0 bridgehead atoms. The molecule has 1 nitrogen and oxygen atoms in total. The Balaban J connectivity index is 2.20. The van der Waals surface area contributed by atoms with Crippen LogP contribution in [0.1, 0.15) is 17.2 Å². The van der Waals surface area contributed by atoms with Gasteiger partial charge in [0, 0.05) is 10.0 Å². The lowest BCUT2D eigenvalue weighted by molar-refractivity contribution is 0.542. The highest BCUT2D eigenvalue weighted by Gasteiger charge is 2.20. The summed E-state index contributed by atoms with van der Waals surface area (Å²) in [6.45, 7) is 0. The molecule has 1 atom stereocenters. The van der Waals surface area contributed by atoms with Crippen molar-refractivity contribution in [1.29, 1.82) is 0 Å². The number of benzene rings is 3. The van der Waals surface area contributed by atoms with Gasteiger partial charge in [0.2, 0.25) is 0 Å². The molecule has 0 spiro atoms. The third-order valence-electron chi connectivity index (χ3n) is 3.51. The fourth-order valence-electron chi connectivity index (χ4n) is 2.53. The van der Waals surface area contributed by atoms with Gasteiger partial charge < -0.3 is 5.73 Å². The normalized spacial score (nSPS) is 12.6. The average Bonchev–Trinajstić information content (AvgIpc) is 2.45. The Bertz CT molecular complexity index is 788. The molecular formula is C17H12BrF2N. The Kier molecular flexibility index (Phi) is 3.74. The summed E-state index contributed by atoms with van der Waals surface area (Å²) in [5.41, 5.74) is 6.72. The summed E-state index contributed by atoms with van der Waals surface area (Å²) in [5, 5.41) is 1.89. The first-order chi connectivity index (χ1) is 10.1. The zero-order valence-electron chi connectivity index (χ0n) is 11.0. The Labute approximate surface area is 129 Å². The van der Waals surface area contributed by atoms with E-state index in [2.05, 4.69) is 15.9 Å². The van der Waals surface area contributed by atoms with Gasteiger partial charge >= 0.3 is 0 Å². The second-order valence-electron chi connectivity index (χ2n) is 4.83. The number of hydrogen-bond donors (Lipinski definition) is 1. The molecule has 3 aromatic rings. The van der Waals surface area contributed by atoms with Crippen LogP contribution >= 0.6 is 15.9 Å². The Morgan fingerprint density at radius 3 is 2.24 bits per heavy atom. The summed E-state index contributed by atoms with van der Waals surface area (Å²) in [7, 11) is 0. The summed E-state index contributed by atoms with van der Waals surface area (Å²) in [4.78, 5) is 0. The highest BCUT2D eigenvalue weighted by molar-refractivity contribution is 9.10. The zero-order valence-corrected chi connectivity index (χ0v) is 12.6. The highest BCUT2D eigenvalue weighted by Crippen LogP contribution is 2.31. The Morgan fingerprint density at radius 1 is 0.905 bits per heavy atom. The van der Waals surface area contributed by atoms with E-state index in [1.54, 1.807) is 6.07 Å². The molecule has 3 aromatic carbocycles. The maximum absolute atomic E-state index is 14.1. The maximum Gasteiger partial charge on any atom is 0.132 e. The second-order valence-corrected chi connectivity index (χ2v) is 5.74. The lowest BCUT2D eigenvalue weighted by atomic mass is 9.94. The molecule has 3 rings (SSSR count). The van der Waals surface area contributed by atoms with Gasteiger partial charge in [-0.1, -0.05) is 58.4 Å². The van der Waals surface area contributed by atoms with Gasteiger partial charge in [-0.05, 0) is 28.5 Å². The van der Waals surface area contributed by atoms with Crippen LogP contribution in [-0.4, -0.2) is 0 Å². The van der Waals surface area contributed by atoms with E-state index in [0.717, 1.165) is 10.8 Å². The minimum Gasteiger partial charge on any atom is -0.320 e. The van der Waals surface area contributed by atoms with E-state index in [-0.39, 0.29) is 5.56 Å². The van der Waals surface area contributed by atoms with Crippen molar-refractivity contribution in [3.8, 4) is 0 Å². The van der Waals surface area contributed by atoms with Crippen LogP contribution < -0.4 is 5.73 Å². The van der Waals surface area contributed by atoms with Crippen LogP contribution in [0.5, 0.6) is 0 Å². The van der Waals surface area contributed by atoms with Crippen LogP contribution in [0.25, 0.3) is 10.8 Å². The largest absolute Gasteiger partial charge is 0.320 e. The first-order valence-electron chi connectivity index (χ1n) is 6.45. The molecule has 0 heterocycles. The van der Waals surface area contributed by atoms with Gasteiger partial charge in [-0.15, -0.1) is 0 Å². The summed E-state index contributed by atoms with van der Waals surface area (Å²) >= 11 is 3.07. The van der Waals surface area contributed by atoms with E-state index in [9.17, 15) is 8.78 Å². The van der Waals surface area contributed by atoms with Crippen LogP contribution in [0.3, 0.4) is 0 Å². The number of fused-ring (bicyclic) bond motifs is 1. The van der Waals surface area contributed by atoms with Crippen LogP contribution in [-0.2, 0) is 0 Å². The molecule has 0 amide bonds. The van der Waals surface area contributed by atoms with Crippen LogP contribution in [0.15, 0.2) is 59.1 Å². The topological polar surface area (TPSA) is 26.0 Å². The molecule has 21 heavy (non-hydrogen) atoms. The van der Waals surface area contributed by atoms with Gasteiger partial charge in [0.05, 0.1) is 6.04 Å². The van der Waals surface area contributed by atoms with Gasteiger partial charge in [0.25, 0.3) is 0 Å². The van der Waals surface area contributed by atoms with E-state index in [4.69, 9.17) is 5.73 Å². The van der Waals surface area contributed by atoms with Crippen molar-refractivity contribution in [2.24, 2.45) is 5.73 Å². The van der Waals surface area contributed by atoms with Crippen LogP contribution in [0.2, 0.25) is 0 Å². The van der Waals surface area contributed by atoms with E-state index in [0.29, 0.717) is 10.0 Å². The van der Waals surface area contributed by atoms with E-state index < -0.39 is 17.7 Å². The predicted octanol–water partition coefficient (Wildman–Crippen LogP) is 4.93. The minimum atomic E-state index is -0.857. The number of nitrogens with two attached hydrogens (primary N) is 1. The molecule has 1 unspecified atom stereocenters. The number of hydrogen-bond acceptors (Lipinski definition) is 1. The molecule has 0 aromatic heterocycles. The molecule has 0 aliphatic heterocycles. The van der Waals surface area contributed by atoms with Crippen molar-refractivity contribution in [2.45, 2.75) is 6.04 Å². The third kappa shape index (κ3) is 2.57. The van der Waals surface area contributed by atoms with E-state index in [1.807, 2.05) is 36.4 Å². The molecule has 2 N–H and O–H groups in total. The van der Waals surface area contributed by atoms with Gasteiger partial charge in [-0.25, -0.2) is 8.78 Å². The number of rotatable bonds is 2. The molecule has 106 valence electrons. The molecule has 0 aliphatic carbocycles. The fourth-order valence-corrected chi connectivity index (χ4v) is 2.93. The quantitative estimate of drug-likeness (QED) is 0.698. The summed E-state index contributed by atoms with van der Waals surface area (Å²) in [6, 6.07) is 14.8. The van der Waals surface area contributed by atoms with Gasteiger partial charge in [0.1, 0.15) is 11.6 Å². The summed E-state index contributed by atoms with van der Waals surface area (Å²) < 4.78 is 28.5. The summed E-state index contributed by atoms with van der Waals surface area (Å²) in [6.07, 6.45) is 0. The van der Waals surface area contributed by atoms with E-state index in [1.165, 1.54) is 12.1 Å². The van der Waals surface area contributed by atoms with Crippen molar-refractivity contribution in [3.63, 3.8) is 0 Å². The summed E-state index contributed by atoms with van der Waals surface area (Å²) in [5.74, 6) is -1.30. The predicted molar refractivity (Wildman–Crippen MR) is 84.0 cm³/mol. The van der Waals surface area contributed by atoms with Gasteiger partial charge in [0.15, 0.2) is 0 Å². The van der Waals surface area contributed by atoms with Crippen molar-refractivity contribution in [3.05, 3.63) is 81.8 Å². The standard InChI is InChI=1S/C17H12BrF2N/c18-11-8-14(19)16(15(20)9-11)17(21)13-7-3-5-10-4-1-2-6-12(10)13/h1-9,17H,21H2. The molecule has 0 saturated carbocycles. The van der Waals surface area contributed by atoms with Crippen molar-refractivity contribution < 1.29 is 8.78 Å². The zero-order chi connectivity index (χ0) is 15.0. The SMILES string of the molecule is NC(c1c(F)cc(Br)cc1F)c1cccc2ccccc12. The lowest BCUT2D eigenvalue weighted by Crippen LogP contribution is -2.16. The van der Waals surface area contributed by atoms with E-state index >= 15 is 0 Å². The third-order valence-corrected chi connectivity index (χ3v) is 3.97. The van der Waals surface area contributed by atoms with Crippen molar-refractivity contribution >= 4 is 26.7 Å².